The normalized spacial score (nSPS) is 17.8. The predicted molar refractivity (Wildman–Crippen MR) is 139 cm³/mol. The topological polar surface area (TPSA) is 54.4 Å². The number of thioether (sulfide) groups is 1. The standard InChI is InChI=1S/C27H33N3O3S/c1-3-4-8-17-33-23-12-11-22(18-24(23)32-2)19-25-26(31)28-27(34-25)30-15-13-29(14-16-30)20-21-9-6-5-7-10-21/h5-7,9-12,18-19H,3-4,8,13-17,20H2,1-2H3. The van der Waals surface area contributed by atoms with Gasteiger partial charge in [0.05, 0.1) is 18.6 Å². The van der Waals surface area contributed by atoms with Crippen LogP contribution in [-0.4, -0.2) is 60.8 Å². The Balaban J connectivity index is 1.33. The zero-order chi connectivity index (χ0) is 23.8. The molecule has 6 nitrogen and oxygen atoms in total. The summed E-state index contributed by atoms with van der Waals surface area (Å²) < 4.78 is 11.4. The minimum atomic E-state index is -0.175. The molecule has 2 aromatic rings. The SMILES string of the molecule is CCCCCOc1ccc(C=C2SC(N3CCN(Cc4ccccc4)CC3)=NC2=O)cc1OC. The minimum absolute atomic E-state index is 0.175. The summed E-state index contributed by atoms with van der Waals surface area (Å²) in [5.41, 5.74) is 2.23. The number of hydrogen-bond acceptors (Lipinski definition) is 6. The lowest BCUT2D eigenvalue weighted by atomic mass is 10.2. The molecule has 0 atom stereocenters. The van der Waals surface area contributed by atoms with Crippen LogP contribution in [0.2, 0.25) is 0 Å². The molecule has 7 heteroatoms. The van der Waals surface area contributed by atoms with Gasteiger partial charge in [0.2, 0.25) is 0 Å². The third kappa shape index (κ3) is 6.42. The molecule has 0 bridgehead atoms. The van der Waals surface area contributed by atoms with Crippen LogP contribution in [-0.2, 0) is 11.3 Å². The summed E-state index contributed by atoms with van der Waals surface area (Å²) in [5, 5.41) is 0.804. The molecule has 0 unspecified atom stereocenters. The molecule has 2 aliphatic heterocycles. The lowest BCUT2D eigenvalue weighted by Crippen LogP contribution is -2.47. The second-order valence-corrected chi connectivity index (χ2v) is 9.53. The highest BCUT2D eigenvalue weighted by Gasteiger charge is 2.28. The second kappa shape index (κ2) is 12.1. The number of rotatable bonds is 9. The predicted octanol–water partition coefficient (Wildman–Crippen LogP) is 5.05. The molecule has 0 aromatic heterocycles. The molecule has 1 fully saturated rings. The molecule has 2 aliphatic rings. The van der Waals surface area contributed by atoms with E-state index in [1.807, 2.05) is 30.3 Å². The Bertz CT molecular complexity index is 1030. The van der Waals surface area contributed by atoms with E-state index in [1.54, 1.807) is 7.11 Å². The van der Waals surface area contributed by atoms with Crippen LogP contribution in [0.4, 0.5) is 0 Å². The van der Waals surface area contributed by atoms with Crippen LogP contribution in [0.1, 0.15) is 37.3 Å². The fraction of sp³-hybridized carbons (Fsp3) is 0.407. The number of carbonyl (C=O) groups is 1. The van der Waals surface area contributed by atoms with E-state index in [9.17, 15) is 4.79 Å². The van der Waals surface area contributed by atoms with Gasteiger partial charge in [0.15, 0.2) is 16.7 Å². The van der Waals surface area contributed by atoms with Gasteiger partial charge in [-0.25, -0.2) is 0 Å². The molecule has 1 amide bonds. The summed E-state index contributed by atoms with van der Waals surface area (Å²) in [5.74, 6) is 1.24. The largest absolute Gasteiger partial charge is 0.493 e. The first-order valence-corrected chi connectivity index (χ1v) is 12.8. The molecule has 0 spiro atoms. The average molecular weight is 480 g/mol. The number of carbonyl (C=O) groups excluding carboxylic acids is 1. The number of amidine groups is 1. The number of piperazine rings is 1. The maximum Gasteiger partial charge on any atom is 0.286 e. The Labute approximate surface area is 206 Å². The molecule has 2 aromatic carbocycles. The lowest BCUT2D eigenvalue weighted by molar-refractivity contribution is -0.113. The first-order valence-electron chi connectivity index (χ1n) is 12.0. The number of unbranched alkanes of at least 4 members (excludes halogenated alkanes) is 2. The van der Waals surface area contributed by atoms with Gasteiger partial charge in [0, 0.05) is 32.7 Å². The third-order valence-electron chi connectivity index (χ3n) is 5.99. The Hall–Kier alpha value is -2.77. The molecule has 0 saturated carbocycles. The van der Waals surface area contributed by atoms with Crippen LogP contribution in [0.5, 0.6) is 11.5 Å². The van der Waals surface area contributed by atoms with E-state index < -0.39 is 0 Å². The Morgan fingerprint density at radius 1 is 1.03 bits per heavy atom. The van der Waals surface area contributed by atoms with Crippen molar-refractivity contribution in [3.63, 3.8) is 0 Å². The van der Waals surface area contributed by atoms with Crippen molar-refractivity contribution < 1.29 is 14.3 Å². The fourth-order valence-corrected chi connectivity index (χ4v) is 5.02. The third-order valence-corrected chi connectivity index (χ3v) is 7.04. The van der Waals surface area contributed by atoms with Crippen LogP contribution in [0, 0.1) is 0 Å². The van der Waals surface area contributed by atoms with E-state index >= 15 is 0 Å². The van der Waals surface area contributed by atoms with Crippen molar-refractivity contribution in [3.8, 4) is 11.5 Å². The van der Waals surface area contributed by atoms with Gasteiger partial charge in [-0.2, -0.15) is 4.99 Å². The highest BCUT2D eigenvalue weighted by Crippen LogP contribution is 2.33. The van der Waals surface area contributed by atoms with E-state index in [-0.39, 0.29) is 5.91 Å². The number of hydrogen-bond donors (Lipinski definition) is 0. The van der Waals surface area contributed by atoms with E-state index in [0.717, 1.165) is 68.5 Å². The van der Waals surface area contributed by atoms with Crippen molar-refractivity contribution in [2.75, 3.05) is 39.9 Å². The van der Waals surface area contributed by atoms with Gasteiger partial charge >= 0.3 is 0 Å². The van der Waals surface area contributed by atoms with Gasteiger partial charge in [-0.3, -0.25) is 9.69 Å². The molecule has 2 heterocycles. The number of amides is 1. The summed E-state index contributed by atoms with van der Waals surface area (Å²) in [7, 11) is 1.64. The van der Waals surface area contributed by atoms with Crippen LogP contribution in [0.15, 0.2) is 58.4 Å². The highest BCUT2D eigenvalue weighted by molar-refractivity contribution is 8.18. The van der Waals surface area contributed by atoms with Crippen LogP contribution >= 0.6 is 11.8 Å². The van der Waals surface area contributed by atoms with E-state index in [0.29, 0.717) is 17.3 Å². The van der Waals surface area contributed by atoms with E-state index in [1.165, 1.54) is 17.3 Å². The summed E-state index contributed by atoms with van der Waals surface area (Å²) in [6.07, 6.45) is 5.22. The smallest absolute Gasteiger partial charge is 0.286 e. The van der Waals surface area contributed by atoms with Gasteiger partial charge in [-0.15, -0.1) is 0 Å². The Morgan fingerprint density at radius 3 is 2.56 bits per heavy atom. The summed E-state index contributed by atoms with van der Waals surface area (Å²) >= 11 is 1.46. The first kappa shape index (κ1) is 24.4. The molecule has 180 valence electrons. The van der Waals surface area contributed by atoms with Crippen LogP contribution in [0.3, 0.4) is 0 Å². The molecule has 34 heavy (non-hydrogen) atoms. The number of benzene rings is 2. The van der Waals surface area contributed by atoms with Crippen molar-refractivity contribution in [3.05, 3.63) is 64.6 Å². The average Bonchev–Trinajstić information content (AvgIpc) is 3.23. The van der Waals surface area contributed by atoms with Crippen LogP contribution < -0.4 is 9.47 Å². The first-order chi connectivity index (χ1) is 16.7. The lowest BCUT2D eigenvalue weighted by Gasteiger charge is -2.35. The van der Waals surface area contributed by atoms with Crippen molar-refractivity contribution in [1.29, 1.82) is 0 Å². The highest BCUT2D eigenvalue weighted by atomic mass is 32.2. The van der Waals surface area contributed by atoms with Gasteiger partial charge in [-0.1, -0.05) is 56.2 Å². The molecule has 0 radical (unpaired) electrons. The Kier molecular flexibility index (Phi) is 8.66. The summed E-state index contributed by atoms with van der Waals surface area (Å²) in [4.78, 5) is 22.2. The zero-order valence-electron chi connectivity index (χ0n) is 20.0. The van der Waals surface area contributed by atoms with Crippen LogP contribution in [0.25, 0.3) is 6.08 Å². The maximum atomic E-state index is 12.6. The molecule has 0 aliphatic carbocycles. The molecule has 1 saturated heterocycles. The minimum Gasteiger partial charge on any atom is -0.493 e. The monoisotopic (exact) mass is 479 g/mol. The molecule has 4 rings (SSSR count). The van der Waals surface area contributed by atoms with Gasteiger partial charge < -0.3 is 14.4 Å². The molecular weight excluding hydrogens is 446 g/mol. The fourth-order valence-electron chi connectivity index (χ4n) is 4.05. The maximum absolute atomic E-state index is 12.6. The number of methoxy groups -OCH3 is 1. The van der Waals surface area contributed by atoms with Crippen molar-refractivity contribution >= 4 is 28.9 Å². The quantitative estimate of drug-likeness (QED) is 0.371. The molecular formula is C27H33N3O3S. The van der Waals surface area contributed by atoms with Gasteiger partial charge in [-0.05, 0) is 47.5 Å². The number of aliphatic imine (C=N–C) groups is 1. The van der Waals surface area contributed by atoms with Gasteiger partial charge in [0.25, 0.3) is 5.91 Å². The van der Waals surface area contributed by atoms with E-state index in [4.69, 9.17) is 9.47 Å². The van der Waals surface area contributed by atoms with Crippen molar-refractivity contribution in [1.82, 2.24) is 9.80 Å². The number of ether oxygens (including phenoxy) is 2. The number of nitrogens with zero attached hydrogens (tertiary/aromatic N) is 3. The summed E-state index contributed by atoms with van der Waals surface area (Å²) in [6, 6.07) is 16.3. The molecule has 0 N–H and O–H groups in total. The zero-order valence-corrected chi connectivity index (χ0v) is 20.9. The second-order valence-electron chi connectivity index (χ2n) is 8.52. The summed E-state index contributed by atoms with van der Waals surface area (Å²) in [6.45, 7) is 7.46. The Morgan fingerprint density at radius 2 is 1.82 bits per heavy atom. The van der Waals surface area contributed by atoms with Crippen molar-refractivity contribution in [2.45, 2.75) is 32.7 Å². The van der Waals surface area contributed by atoms with E-state index in [2.05, 4.69) is 46.0 Å². The van der Waals surface area contributed by atoms with Gasteiger partial charge in [0.1, 0.15) is 0 Å². The van der Waals surface area contributed by atoms with Crippen molar-refractivity contribution in [2.24, 2.45) is 4.99 Å².